The second-order valence-electron chi connectivity index (χ2n) is 4.82. The molecule has 0 fully saturated rings. The molecule has 0 unspecified atom stereocenters. The van der Waals surface area contributed by atoms with Gasteiger partial charge in [0.2, 0.25) is 0 Å². The smallest absolute Gasteiger partial charge is 0.271 e. The molecule has 2 rings (SSSR count). The summed E-state index contributed by atoms with van der Waals surface area (Å²) in [6, 6.07) is 7.99. The van der Waals surface area contributed by atoms with Crippen molar-refractivity contribution in [2.75, 3.05) is 17.8 Å². The number of carbonyl (C=O) groups excluding carboxylic acids is 1. The number of nitrogens with one attached hydrogen (secondary N) is 1. The number of nitrogens with zero attached hydrogens (tertiary/aromatic N) is 1. The molecule has 2 aromatic rings. The van der Waals surface area contributed by atoms with E-state index in [1.807, 2.05) is 13.8 Å². The number of hydrogen-bond acceptors (Lipinski definition) is 4. The van der Waals surface area contributed by atoms with E-state index in [1.54, 1.807) is 29.2 Å². The first-order chi connectivity index (χ1) is 11.3. The molecule has 9 heteroatoms. The molecular formula is C15H16BrClN2O3S2. The van der Waals surface area contributed by atoms with Gasteiger partial charge in [-0.15, -0.1) is 11.3 Å². The van der Waals surface area contributed by atoms with Gasteiger partial charge in [-0.3, -0.25) is 9.52 Å². The lowest BCUT2D eigenvalue weighted by molar-refractivity contribution is 0.0774. The summed E-state index contributed by atoms with van der Waals surface area (Å²) in [5.41, 5.74) is 0.557. The number of amides is 1. The molecule has 1 aromatic carbocycles. The van der Waals surface area contributed by atoms with Gasteiger partial charge < -0.3 is 4.90 Å². The molecule has 0 aliphatic carbocycles. The topological polar surface area (TPSA) is 66.5 Å². The standard InChI is InChI=1S/C15H16BrClN2O3S2/c1-3-19(4-2)15(20)10-7-5-6-8-12(10)18-24(21,22)13-9-11(16)14(17)23-13/h5-9,18H,3-4H2,1-2H3. The lowest BCUT2D eigenvalue weighted by Gasteiger charge is -2.20. The Hall–Kier alpha value is -1.09. The maximum absolute atomic E-state index is 12.6. The van der Waals surface area contributed by atoms with Crippen LogP contribution in [0, 0.1) is 0 Å². The summed E-state index contributed by atoms with van der Waals surface area (Å²) in [6.07, 6.45) is 0. The van der Waals surface area contributed by atoms with E-state index < -0.39 is 10.0 Å². The first kappa shape index (κ1) is 19.2. The molecule has 0 bridgehead atoms. The average Bonchev–Trinajstić information content (AvgIpc) is 2.89. The molecule has 0 saturated heterocycles. The van der Waals surface area contributed by atoms with Gasteiger partial charge in [-0.25, -0.2) is 8.42 Å². The Labute approximate surface area is 158 Å². The van der Waals surface area contributed by atoms with Gasteiger partial charge in [-0.1, -0.05) is 23.7 Å². The summed E-state index contributed by atoms with van der Waals surface area (Å²) in [4.78, 5) is 14.2. The summed E-state index contributed by atoms with van der Waals surface area (Å²) in [5.74, 6) is -0.219. The fourth-order valence-electron chi connectivity index (χ4n) is 2.09. The van der Waals surface area contributed by atoms with Crippen molar-refractivity contribution in [3.63, 3.8) is 0 Å². The van der Waals surface area contributed by atoms with Crippen LogP contribution < -0.4 is 4.72 Å². The molecule has 0 radical (unpaired) electrons. The molecule has 24 heavy (non-hydrogen) atoms. The van der Waals surface area contributed by atoms with Crippen molar-refractivity contribution in [2.45, 2.75) is 18.1 Å². The van der Waals surface area contributed by atoms with Gasteiger partial charge in [0.1, 0.15) is 8.55 Å². The van der Waals surface area contributed by atoms with Crippen LogP contribution in [-0.4, -0.2) is 32.3 Å². The van der Waals surface area contributed by atoms with E-state index in [2.05, 4.69) is 20.7 Å². The third-order valence-corrected chi connectivity index (χ3v) is 7.65. The van der Waals surface area contributed by atoms with Crippen LogP contribution in [0.1, 0.15) is 24.2 Å². The van der Waals surface area contributed by atoms with Gasteiger partial charge in [0.25, 0.3) is 15.9 Å². The summed E-state index contributed by atoms with van der Waals surface area (Å²) in [7, 11) is -3.83. The third-order valence-electron chi connectivity index (χ3n) is 3.34. The van der Waals surface area contributed by atoms with Crippen LogP contribution in [0.2, 0.25) is 4.34 Å². The van der Waals surface area contributed by atoms with Crippen LogP contribution in [0.3, 0.4) is 0 Å². The number of anilines is 1. The maximum Gasteiger partial charge on any atom is 0.271 e. The molecule has 0 atom stereocenters. The molecule has 0 spiro atoms. The Morgan fingerprint density at radius 3 is 2.46 bits per heavy atom. The summed E-state index contributed by atoms with van der Waals surface area (Å²) in [6.45, 7) is 4.84. The quantitative estimate of drug-likeness (QED) is 0.706. The van der Waals surface area contributed by atoms with Crippen LogP contribution >= 0.6 is 38.9 Å². The van der Waals surface area contributed by atoms with Gasteiger partial charge in [0, 0.05) is 17.6 Å². The van der Waals surface area contributed by atoms with E-state index in [4.69, 9.17) is 11.6 Å². The van der Waals surface area contributed by atoms with E-state index >= 15 is 0 Å². The molecule has 1 amide bonds. The number of halogens is 2. The van der Waals surface area contributed by atoms with Crippen molar-refractivity contribution in [3.8, 4) is 0 Å². The predicted octanol–water partition coefficient (Wildman–Crippen LogP) is 4.45. The van der Waals surface area contributed by atoms with Crippen molar-refractivity contribution in [1.29, 1.82) is 0 Å². The van der Waals surface area contributed by atoms with Gasteiger partial charge in [-0.2, -0.15) is 0 Å². The predicted molar refractivity (Wildman–Crippen MR) is 102 cm³/mol. The minimum Gasteiger partial charge on any atom is -0.339 e. The van der Waals surface area contributed by atoms with Gasteiger partial charge >= 0.3 is 0 Å². The van der Waals surface area contributed by atoms with Crippen molar-refractivity contribution >= 4 is 60.5 Å². The fourth-order valence-corrected chi connectivity index (χ4v) is 5.47. The second kappa shape index (κ2) is 7.86. The van der Waals surface area contributed by atoms with Gasteiger partial charge in [0.05, 0.1) is 11.3 Å². The van der Waals surface area contributed by atoms with Crippen LogP contribution in [0.25, 0.3) is 0 Å². The maximum atomic E-state index is 12.6. The van der Waals surface area contributed by atoms with Crippen molar-refractivity contribution in [2.24, 2.45) is 0 Å². The lowest BCUT2D eigenvalue weighted by Crippen LogP contribution is -2.31. The molecular weight excluding hydrogens is 436 g/mol. The number of hydrogen-bond donors (Lipinski definition) is 1. The Kier molecular flexibility index (Phi) is 6.30. The molecule has 1 heterocycles. The molecule has 0 saturated carbocycles. The zero-order chi connectivity index (χ0) is 17.9. The number of thiophene rings is 1. The Morgan fingerprint density at radius 2 is 1.92 bits per heavy atom. The van der Waals surface area contributed by atoms with Crippen LogP contribution in [0.15, 0.2) is 39.0 Å². The van der Waals surface area contributed by atoms with Crippen molar-refractivity contribution < 1.29 is 13.2 Å². The van der Waals surface area contributed by atoms with Crippen molar-refractivity contribution in [3.05, 3.63) is 44.7 Å². The fraction of sp³-hybridized carbons (Fsp3) is 0.267. The first-order valence-electron chi connectivity index (χ1n) is 7.16. The number of sulfonamides is 1. The largest absolute Gasteiger partial charge is 0.339 e. The van der Waals surface area contributed by atoms with E-state index in [1.165, 1.54) is 6.07 Å². The highest BCUT2D eigenvalue weighted by molar-refractivity contribution is 9.10. The Bertz CT molecular complexity index is 829. The number of benzene rings is 1. The summed E-state index contributed by atoms with van der Waals surface area (Å²) in [5, 5.41) is 0. The highest BCUT2D eigenvalue weighted by atomic mass is 79.9. The van der Waals surface area contributed by atoms with Crippen LogP contribution in [-0.2, 0) is 10.0 Å². The zero-order valence-electron chi connectivity index (χ0n) is 13.0. The van der Waals surface area contributed by atoms with Gasteiger partial charge in [-0.05, 0) is 48.0 Å². The van der Waals surface area contributed by atoms with Gasteiger partial charge in [0.15, 0.2) is 0 Å². The second-order valence-corrected chi connectivity index (χ2v) is 9.23. The minimum absolute atomic E-state index is 0.0736. The molecule has 5 nitrogen and oxygen atoms in total. The number of rotatable bonds is 6. The normalized spacial score (nSPS) is 11.3. The SMILES string of the molecule is CCN(CC)C(=O)c1ccccc1NS(=O)(=O)c1cc(Br)c(Cl)s1. The highest BCUT2D eigenvalue weighted by Gasteiger charge is 2.23. The Balaban J connectivity index is 2.38. The molecule has 130 valence electrons. The van der Waals surface area contributed by atoms with Crippen LogP contribution in [0.4, 0.5) is 5.69 Å². The molecule has 0 aliphatic rings. The molecule has 1 N–H and O–H groups in total. The third kappa shape index (κ3) is 4.11. The molecule has 1 aromatic heterocycles. The summed E-state index contributed by atoms with van der Waals surface area (Å²) >= 11 is 10.1. The number of carbonyl (C=O) groups is 1. The molecule has 0 aliphatic heterocycles. The Morgan fingerprint density at radius 1 is 1.29 bits per heavy atom. The van der Waals surface area contributed by atoms with Crippen molar-refractivity contribution in [1.82, 2.24) is 4.90 Å². The first-order valence-corrected chi connectivity index (χ1v) is 10.6. The van der Waals surface area contributed by atoms with E-state index in [0.29, 0.717) is 27.5 Å². The minimum atomic E-state index is -3.83. The summed E-state index contributed by atoms with van der Waals surface area (Å²) < 4.78 is 28.5. The van der Waals surface area contributed by atoms with E-state index in [9.17, 15) is 13.2 Å². The monoisotopic (exact) mass is 450 g/mol. The highest BCUT2D eigenvalue weighted by Crippen LogP contribution is 2.35. The average molecular weight is 452 g/mol. The van der Waals surface area contributed by atoms with Crippen LogP contribution in [0.5, 0.6) is 0 Å². The number of para-hydroxylation sites is 1. The van der Waals surface area contributed by atoms with E-state index in [0.717, 1.165) is 11.3 Å². The zero-order valence-corrected chi connectivity index (χ0v) is 17.0. The van der Waals surface area contributed by atoms with E-state index in [-0.39, 0.29) is 15.8 Å². The lowest BCUT2D eigenvalue weighted by atomic mass is 10.1.